The molecule has 0 aliphatic rings. The molecule has 0 heterocycles. The summed E-state index contributed by atoms with van der Waals surface area (Å²) in [4.78, 5) is 0. The number of halogens is 1. The molecule has 0 aromatic heterocycles. The fourth-order valence-electron chi connectivity index (χ4n) is 2.73. The number of rotatable bonds is 9. The normalized spacial score (nSPS) is 12.9. The number of methoxy groups -OCH3 is 1. The van der Waals surface area contributed by atoms with Crippen LogP contribution in [-0.2, 0) is 22.5 Å². The number of hydrogen-bond acceptors (Lipinski definition) is 2. The van der Waals surface area contributed by atoms with E-state index in [1.54, 1.807) is 7.11 Å². The van der Waals surface area contributed by atoms with Gasteiger partial charge in [0.2, 0.25) is 0 Å². The summed E-state index contributed by atoms with van der Waals surface area (Å²) in [6.07, 6.45) is 10.2. The second-order valence-corrected chi connectivity index (χ2v) is 7.76. The third-order valence-corrected chi connectivity index (χ3v) is 5.40. The molecule has 0 aliphatic carbocycles. The molecule has 0 N–H and O–H groups in total. The van der Waals surface area contributed by atoms with Crippen LogP contribution in [0.5, 0.6) is 0 Å². The van der Waals surface area contributed by atoms with Gasteiger partial charge in [-0.2, -0.15) is 0 Å². The summed E-state index contributed by atoms with van der Waals surface area (Å²) in [5.74, 6) is -0.600. The van der Waals surface area contributed by atoms with E-state index in [1.807, 2.05) is 19.9 Å². The smallest absolute Gasteiger partial charge is 0.162 e. The zero-order valence-electron chi connectivity index (χ0n) is 16.7. The van der Waals surface area contributed by atoms with E-state index in [2.05, 4.69) is 78.0 Å². The first kappa shape index (κ1) is 21.6. The van der Waals surface area contributed by atoms with Crippen LogP contribution >= 0.6 is 15.9 Å². The number of hydrogen-bond donors (Lipinski definition) is 0. The Morgan fingerprint density at radius 3 is 2.67 bits per heavy atom. The average Bonchev–Trinajstić information content (AvgIpc) is 2.67. The SMILES string of the molecule is C=C/C(=C\C=C\Cc1cccc2cc(COC(C)(C)OC)c(Br)cc12)CC. The summed E-state index contributed by atoms with van der Waals surface area (Å²) in [7, 11) is 1.66. The van der Waals surface area contributed by atoms with Crippen LogP contribution in [0.4, 0.5) is 0 Å². The fourth-order valence-corrected chi connectivity index (χ4v) is 3.18. The summed E-state index contributed by atoms with van der Waals surface area (Å²) in [5, 5.41) is 2.47. The minimum absolute atomic E-state index is 0.494. The maximum atomic E-state index is 5.87. The number of allylic oxidation sites excluding steroid dienone is 5. The van der Waals surface area contributed by atoms with Crippen LogP contribution in [-0.4, -0.2) is 12.9 Å². The van der Waals surface area contributed by atoms with Crippen molar-refractivity contribution in [2.75, 3.05) is 7.11 Å². The molecule has 0 fully saturated rings. The lowest BCUT2D eigenvalue weighted by Gasteiger charge is -2.23. The van der Waals surface area contributed by atoms with E-state index in [1.165, 1.54) is 21.9 Å². The predicted octanol–water partition coefficient (Wildman–Crippen LogP) is 7.12. The van der Waals surface area contributed by atoms with Gasteiger partial charge in [-0.15, -0.1) is 0 Å². The van der Waals surface area contributed by atoms with E-state index in [4.69, 9.17) is 9.47 Å². The molecular weight excluding hydrogens is 400 g/mol. The molecule has 2 aromatic carbocycles. The Morgan fingerprint density at radius 2 is 2.00 bits per heavy atom. The summed E-state index contributed by atoms with van der Waals surface area (Å²) < 4.78 is 12.3. The Labute approximate surface area is 171 Å². The Morgan fingerprint density at radius 1 is 1.22 bits per heavy atom. The van der Waals surface area contributed by atoms with Gasteiger partial charge in [-0.1, -0.05) is 71.9 Å². The minimum atomic E-state index is -0.600. The molecular formula is C24H29BrO2. The van der Waals surface area contributed by atoms with Crippen LogP contribution < -0.4 is 0 Å². The molecule has 2 aromatic rings. The molecule has 3 heteroatoms. The third-order valence-electron chi connectivity index (χ3n) is 4.66. The first-order valence-electron chi connectivity index (χ1n) is 9.27. The van der Waals surface area contributed by atoms with E-state index >= 15 is 0 Å². The van der Waals surface area contributed by atoms with Crippen molar-refractivity contribution in [3.63, 3.8) is 0 Å². The highest BCUT2D eigenvalue weighted by atomic mass is 79.9. The van der Waals surface area contributed by atoms with E-state index in [-0.39, 0.29) is 0 Å². The van der Waals surface area contributed by atoms with E-state index in [0.717, 1.165) is 22.9 Å². The molecule has 0 unspecified atom stereocenters. The van der Waals surface area contributed by atoms with Gasteiger partial charge in [-0.25, -0.2) is 0 Å². The van der Waals surface area contributed by atoms with Gasteiger partial charge in [0.15, 0.2) is 5.79 Å². The quantitative estimate of drug-likeness (QED) is 0.312. The van der Waals surface area contributed by atoms with Crippen molar-refractivity contribution in [1.29, 1.82) is 0 Å². The highest BCUT2D eigenvalue weighted by Gasteiger charge is 2.17. The molecule has 144 valence electrons. The Hall–Kier alpha value is -1.68. The third kappa shape index (κ3) is 6.17. The Kier molecular flexibility index (Phi) is 8.03. The van der Waals surface area contributed by atoms with Crippen LogP contribution in [0, 0.1) is 0 Å². The maximum Gasteiger partial charge on any atom is 0.162 e. The van der Waals surface area contributed by atoms with Crippen molar-refractivity contribution < 1.29 is 9.47 Å². The van der Waals surface area contributed by atoms with Crippen LogP contribution in [0.25, 0.3) is 10.8 Å². The van der Waals surface area contributed by atoms with Crippen molar-refractivity contribution in [1.82, 2.24) is 0 Å². The van der Waals surface area contributed by atoms with Crippen LogP contribution in [0.15, 0.2) is 71.3 Å². The highest BCUT2D eigenvalue weighted by molar-refractivity contribution is 9.10. The van der Waals surface area contributed by atoms with Crippen LogP contribution in [0.3, 0.4) is 0 Å². The molecule has 0 radical (unpaired) electrons. The molecule has 0 saturated carbocycles. The average molecular weight is 429 g/mol. The Bertz CT molecular complexity index is 847. The van der Waals surface area contributed by atoms with Gasteiger partial charge in [-0.3, -0.25) is 0 Å². The molecule has 2 rings (SSSR count). The lowest BCUT2D eigenvalue weighted by Crippen LogP contribution is -2.26. The van der Waals surface area contributed by atoms with Crippen molar-refractivity contribution >= 4 is 26.7 Å². The molecule has 27 heavy (non-hydrogen) atoms. The number of ether oxygens (including phenoxy) is 2. The first-order chi connectivity index (χ1) is 12.9. The monoisotopic (exact) mass is 428 g/mol. The molecule has 0 amide bonds. The second kappa shape index (κ2) is 10.0. The lowest BCUT2D eigenvalue weighted by molar-refractivity contribution is -0.204. The van der Waals surface area contributed by atoms with Crippen LogP contribution in [0.1, 0.15) is 38.3 Å². The van der Waals surface area contributed by atoms with Gasteiger partial charge >= 0.3 is 0 Å². The van der Waals surface area contributed by atoms with Crippen molar-refractivity contribution in [3.8, 4) is 0 Å². The second-order valence-electron chi connectivity index (χ2n) is 6.91. The molecule has 0 atom stereocenters. The van der Waals surface area contributed by atoms with Crippen molar-refractivity contribution in [2.24, 2.45) is 0 Å². The standard InChI is InChI=1S/C24H29BrO2/c1-6-18(7-2)11-8-9-12-19-13-10-14-20-15-21(23(25)16-22(19)20)17-27-24(3,4)26-5/h6,8-11,13-16H,1,7,12,17H2,2-5H3/b9-8+,18-11+. The van der Waals surface area contributed by atoms with Crippen molar-refractivity contribution in [3.05, 3.63) is 82.4 Å². The van der Waals surface area contributed by atoms with Crippen LogP contribution in [0.2, 0.25) is 0 Å². The predicted molar refractivity (Wildman–Crippen MR) is 119 cm³/mol. The maximum absolute atomic E-state index is 5.87. The van der Waals surface area contributed by atoms with Gasteiger partial charge in [0.1, 0.15) is 0 Å². The molecule has 2 nitrogen and oxygen atoms in total. The van der Waals surface area contributed by atoms with Gasteiger partial charge in [-0.05, 0) is 66.3 Å². The van der Waals surface area contributed by atoms with Gasteiger partial charge in [0.05, 0.1) is 6.61 Å². The molecule has 0 aliphatic heterocycles. The lowest BCUT2D eigenvalue weighted by atomic mass is 10.00. The first-order valence-corrected chi connectivity index (χ1v) is 10.1. The van der Waals surface area contributed by atoms with Gasteiger partial charge in [0.25, 0.3) is 0 Å². The summed E-state index contributed by atoms with van der Waals surface area (Å²) >= 11 is 3.70. The number of fused-ring (bicyclic) bond motifs is 1. The summed E-state index contributed by atoms with van der Waals surface area (Å²) in [5.41, 5.74) is 3.66. The van der Waals surface area contributed by atoms with Crippen molar-refractivity contribution in [2.45, 2.75) is 46.0 Å². The molecule has 0 spiro atoms. The summed E-state index contributed by atoms with van der Waals surface area (Å²) in [6.45, 7) is 10.3. The van der Waals surface area contributed by atoms with Gasteiger partial charge in [0, 0.05) is 11.6 Å². The summed E-state index contributed by atoms with van der Waals surface area (Å²) in [6, 6.07) is 10.8. The van der Waals surface area contributed by atoms with E-state index in [0.29, 0.717) is 6.61 Å². The topological polar surface area (TPSA) is 18.5 Å². The van der Waals surface area contributed by atoms with E-state index in [9.17, 15) is 0 Å². The zero-order chi connectivity index (χ0) is 19.9. The highest BCUT2D eigenvalue weighted by Crippen LogP contribution is 2.29. The van der Waals surface area contributed by atoms with E-state index < -0.39 is 5.79 Å². The number of benzene rings is 2. The molecule has 0 bridgehead atoms. The zero-order valence-corrected chi connectivity index (χ0v) is 18.3. The Balaban J connectivity index is 2.23. The minimum Gasteiger partial charge on any atom is -0.354 e. The fraction of sp³-hybridized carbons (Fsp3) is 0.333. The largest absolute Gasteiger partial charge is 0.354 e. The molecule has 0 saturated heterocycles. The van der Waals surface area contributed by atoms with Gasteiger partial charge < -0.3 is 9.47 Å².